The van der Waals surface area contributed by atoms with Crippen LogP contribution in [-0.2, 0) is 16.1 Å². The molecule has 1 heterocycles. The van der Waals surface area contributed by atoms with Crippen LogP contribution >= 0.6 is 0 Å². The Morgan fingerprint density at radius 2 is 1.78 bits per heavy atom. The highest BCUT2D eigenvalue weighted by atomic mass is 16.6. The third kappa shape index (κ3) is 6.09. The smallest absolute Gasteiger partial charge is 0.349 e. The molecule has 0 aliphatic heterocycles. The Balaban J connectivity index is 1.55. The largest absolute Gasteiger partial charge is 0.481 e. The Hall–Kier alpha value is -4.31. The molecule has 3 rings (SSSR count). The number of nitrogens with one attached hydrogen (secondary N) is 1. The van der Waals surface area contributed by atoms with Gasteiger partial charge < -0.3 is 19.2 Å². The van der Waals surface area contributed by atoms with Gasteiger partial charge in [0.05, 0.1) is 12.8 Å². The number of benzene rings is 2. The summed E-state index contributed by atoms with van der Waals surface area (Å²) >= 11 is 0. The number of rotatable bonds is 8. The monoisotopic (exact) mass is 430 g/mol. The van der Waals surface area contributed by atoms with E-state index in [0.29, 0.717) is 22.8 Å². The van der Waals surface area contributed by atoms with E-state index in [1.165, 1.54) is 12.3 Å². The molecule has 7 heteroatoms. The van der Waals surface area contributed by atoms with Crippen molar-refractivity contribution in [1.82, 2.24) is 5.32 Å². The highest BCUT2D eigenvalue weighted by Gasteiger charge is 2.11. The minimum atomic E-state index is -0.536. The molecule has 0 saturated heterocycles. The van der Waals surface area contributed by atoms with Crippen LogP contribution < -0.4 is 14.8 Å². The molecule has 162 valence electrons. The second-order valence-corrected chi connectivity index (χ2v) is 6.98. The van der Waals surface area contributed by atoms with Gasteiger partial charge in [-0.2, -0.15) is 5.26 Å². The normalized spacial score (nSPS) is 10.8. The highest BCUT2D eigenvalue weighted by molar-refractivity contribution is 6.01. The second kappa shape index (κ2) is 10.6. The topological polar surface area (TPSA) is 102 Å². The number of nitrogens with zero attached hydrogens (tertiary/aromatic N) is 1. The molecular formula is C25H22N2O5. The van der Waals surface area contributed by atoms with Crippen molar-refractivity contribution in [3.05, 3.63) is 88.9 Å². The molecular weight excluding hydrogens is 408 g/mol. The lowest BCUT2D eigenvalue weighted by Crippen LogP contribution is -2.23. The van der Waals surface area contributed by atoms with Crippen LogP contribution in [0.4, 0.5) is 0 Å². The van der Waals surface area contributed by atoms with E-state index >= 15 is 0 Å². The van der Waals surface area contributed by atoms with E-state index in [0.717, 1.165) is 11.1 Å². The molecule has 3 aromatic rings. The summed E-state index contributed by atoms with van der Waals surface area (Å²) in [5, 5.41) is 11.9. The number of nitriles is 1. The van der Waals surface area contributed by atoms with Gasteiger partial charge in [-0.15, -0.1) is 0 Å². The average molecular weight is 430 g/mol. The van der Waals surface area contributed by atoms with E-state index in [1.54, 1.807) is 36.4 Å². The first kappa shape index (κ1) is 22.4. The van der Waals surface area contributed by atoms with Gasteiger partial charge in [0.25, 0.3) is 5.91 Å². The number of furan rings is 1. The van der Waals surface area contributed by atoms with Gasteiger partial charge in [0.2, 0.25) is 0 Å². The third-order valence-corrected chi connectivity index (χ3v) is 4.53. The Morgan fingerprint density at radius 1 is 1.06 bits per heavy atom. The molecule has 32 heavy (non-hydrogen) atoms. The van der Waals surface area contributed by atoms with Crippen LogP contribution in [-0.4, -0.2) is 18.5 Å². The molecule has 0 atom stereocenters. The van der Waals surface area contributed by atoms with Gasteiger partial charge in [-0.3, -0.25) is 4.79 Å². The van der Waals surface area contributed by atoms with Crippen LogP contribution in [0.25, 0.3) is 6.08 Å². The van der Waals surface area contributed by atoms with Gasteiger partial charge in [-0.05, 0) is 60.9 Å². The number of ether oxygens (including phenoxy) is 2. The first-order valence-electron chi connectivity index (χ1n) is 9.88. The Labute approximate surface area is 185 Å². The third-order valence-electron chi connectivity index (χ3n) is 4.53. The number of esters is 1. The summed E-state index contributed by atoms with van der Waals surface area (Å²) < 4.78 is 16.0. The molecule has 0 unspecified atom stereocenters. The fourth-order valence-corrected chi connectivity index (χ4v) is 2.94. The van der Waals surface area contributed by atoms with E-state index in [9.17, 15) is 14.9 Å². The van der Waals surface area contributed by atoms with Gasteiger partial charge in [0.1, 0.15) is 28.9 Å². The van der Waals surface area contributed by atoms with Crippen LogP contribution in [0.15, 0.2) is 70.9 Å². The van der Waals surface area contributed by atoms with Crippen LogP contribution in [0, 0.1) is 25.2 Å². The second-order valence-electron chi connectivity index (χ2n) is 6.98. The number of hydrogen-bond donors (Lipinski definition) is 1. The summed E-state index contributed by atoms with van der Waals surface area (Å²) in [6, 6.07) is 17.5. The van der Waals surface area contributed by atoms with Crippen molar-refractivity contribution in [1.29, 1.82) is 5.26 Å². The Kier molecular flexibility index (Phi) is 7.44. The zero-order valence-corrected chi connectivity index (χ0v) is 17.8. The van der Waals surface area contributed by atoms with Gasteiger partial charge in [0.15, 0.2) is 6.61 Å². The Morgan fingerprint density at radius 3 is 2.41 bits per heavy atom. The van der Waals surface area contributed by atoms with E-state index < -0.39 is 11.9 Å². The standard InChI is InChI=1S/C25H22N2O5/c1-17-5-3-6-18(2)24(17)31-16-23(28)32-21-10-8-19(9-11-21)13-20(14-26)25(29)27-15-22-7-4-12-30-22/h3-13H,15-16H2,1-2H3,(H,27,29)/b20-13+. The number of hydrogen-bond acceptors (Lipinski definition) is 6. The minimum Gasteiger partial charge on any atom is -0.481 e. The molecule has 2 aromatic carbocycles. The first-order valence-corrected chi connectivity index (χ1v) is 9.88. The van der Waals surface area contributed by atoms with Crippen molar-refractivity contribution in [2.24, 2.45) is 0 Å². The fourth-order valence-electron chi connectivity index (χ4n) is 2.94. The lowest BCUT2D eigenvalue weighted by molar-refractivity contribution is -0.136. The summed E-state index contributed by atoms with van der Waals surface area (Å²) in [5.74, 6) is 0.537. The van der Waals surface area contributed by atoms with Crippen molar-refractivity contribution in [2.45, 2.75) is 20.4 Å². The van der Waals surface area contributed by atoms with Gasteiger partial charge in [0, 0.05) is 0 Å². The highest BCUT2D eigenvalue weighted by Crippen LogP contribution is 2.22. The molecule has 7 nitrogen and oxygen atoms in total. The first-order chi connectivity index (χ1) is 15.5. The van der Waals surface area contributed by atoms with Crippen LogP contribution in [0.2, 0.25) is 0 Å². The molecule has 0 aliphatic carbocycles. The van der Waals surface area contributed by atoms with E-state index in [4.69, 9.17) is 13.9 Å². The van der Waals surface area contributed by atoms with Crippen molar-refractivity contribution in [3.63, 3.8) is 0 Å². The molecule has 0 fully saturated rings. The van der Waals surface area contributed by atoms with Crippen LogP contribution in [0.1, 0.15) is 22.5 Å². The summed E-state index contributed by atoms with van der Waals surface area (Å²) in [6.07, 6.45) is 2.96. The Bertz CT molecular complexity index is 1140. The summed E-state index contributed by atoms with van der Waals surface area (Å²) in [4.78, 5) is 24.3. The van der Waals surface area contributed by atoms with Crippen molar-refractivity contribution in [2.75, 3.05) is 6.61 Å². The number of amides is 1. The minimum absolute atomic E-state index is 0.0525. The molecule has 0 bridgehead atoms. The van der Waals surface area contributed by atoms with Gasteiger partial charge in [-0.1, -0.05) is 30.3 Å². The van der Waals surface area contributed by atoms with Gasteiger partial charge in [-0.25, -0.2) is 4.79 Å². The van der Waals surface area contributed by atoms with Crippen molar-refractivity contribution >= 4 is 18.0 Å². The zero-order valence-electron chi connectivity index (χ0n) is 17.8. The SMILES string of the molecule is Cc1cccc(C)c1OCC(=O)Oc1ccc(/C=C(\C#N)C(=O)NCc2ccco2)cc1. The maximum absolute atomic E-state index is 12.2. The maximum atomic E-state index is 12.2. The van der Waals surface area contributed by atoms with E-state index in [-0.39, 0.29) is 18.7 Å². The number of carbonyl (C=O) groups is 2. The lowest BCUT2D eigenvalue weighted by Gasteiger charge is -2.11. The molecule has 0 aliphatic rings. The predicted octanol–water partition coefficient (Wildman–Crippen LogP) is 4.10. The number of aryl methyl sites for hydroxylation is 2. The predicted molar refractivity (Wildman–Crippen MR) is 118 cm³/mol. The quantitative estimate of drug-likeness (QED) is 0.250. The number of para-hydroxylation sites is 1. The van der Waals surface area contributed by atoms with E-state index in [2.05, 4.69) is 5.32 Å². The van der Waals surface area contributed by atoms with E-state index in [1.807, 2.05) is 38.1 Å². The fraction of sp³-hybridized carbons (Fsp3) is 0.160. The number of carbonyl (C=O) groups excluding carboxylic acids is 2. The van der Waals surface area contributed by atoms with Crippen molar-refractivity contribution < 1.29 is 23.5 Å². The van der Waals surface area contributed by atoms with Crippen LogP contribution in [0.3, 0.4) is 0 Å². The van der Waals surface area contributed by atoms with Crippen LogP contribution in [0.5, 0.6) is 11.5 Å². The maximum Gasteiger partial charge on any atom is 0.349 e. The van der Waals surface area contributed by atoms with Gasteiger partial charge >= 0.3 is 5.97 Å². The molecule has 0 saturated carbocycles. The zero-order chi connectivity index (χ0) is 22.9. The summed E-state index contributed by atoms with van der Waals surface area (Å²) in [6.45, 7) is 3.78. The molecule has 1 amide bonds. The molecule has 1 N–H and O–H groups in total. The average Bonchev–Trinajstić information content (AvgIpc) is 3.30. The lowest BCUT2D eigenvalue weighted by atomic mass is 10.1. The molecule has 0 spiro atoms. The van der Waals surface area contributed by atoms with Crippen molar-refractivity contribution in [3.8, 4) is 17.6 Å². The summed E-state index contributed by atoms with van der Waals surface area (Å²) in [7, 11) is 0. The molecule has 0 radical (unpaired) electrons. The molecule has 1 aromatic heterocycles. The summed E-state index contributed by atoms with van der Waals surface area (Å²) in [5.41, 5.74) is 2.44.